The molecule has 1 N–H and O–H groups in total. The lowest BCUT2D eigenvalue weighted by Gasteiger charge is -2.12. The van der Waals surface area contributed by atoms with Crippen LogP contribution in [0.1, 0.15) is 11.1 Å². The average Bonchev–Trinajstić information content (AvgIpc) is 2.50. The highest BCUT2D eigenvalue weighted by Crippen LogP contribution is 2.31. The minimum atomic E-state index is -2.54. The number of hydrogen-bond acceptors (Lipinski definition) is 3. The number of hydrogen-bond donors (Lipinski definition) is 1. The van der Waals surface area contributed by atoms with Crippen molar-refractivity contribution >= 4 is 23.4 Å². The van der Waals surface area contributed by atoms with Crippen LogP contribution in [0, 0.1) is 13.8 Å². The Balaban J connectivity index is 1.99. The van der Waals surface area contributed by atoms with Gasteiger partial charge in [-0.15, -0.1) is 0 Å². The zero-order chi connectivity index (χ0) is 16.8. The van der Waals surface area contributed by atoms with Gasteiger partial charge < -0.3 is 10.1 Å². The number of para-hydroxylation sites is 1. The first-order chi connectivity index (χ1) is 11.0. The van der Waals surface area contributed by atoms with Gasteiger partial charge in [-0.25, -0.2) is 0 Å². The Kier molecular flexibility index (Phi) is 5.98. The monoisotopic (exact) mass is 337 g/mol. The number of ether oxygens (including phenoxy) is 1. The Hall–Kier alpha value is -2.08. The number of aryl methyl sites for hydroxylation is 2. The number of nitrogens with one attached hydrogen (secondary N) is 1. The van der Waals surface area contributed by atoms with Crippen LogP contribution in [-0.2, 0) is 4.79 Å². The summed E-state index contributed by atoms with van der Waals surface area (Å²) in [4.78, 5) is 12.3. The second-order valence-electron chi connectivity index (χ2n) is 4.98. The van der Waals surface area contributed by atoms with Gasteiger partial charge in [0.1, 0.15) is 5.75 Å². The lowest BCUT2D eigenvalue weighted by Crippen LogP contribution is -2.20. The molecular weight excluding hydrogens is 320 g/mol. The summed E-state index contributed by atoms with van der Waals surface area (Å²) in [5.41, 5.74) is 2.31. The van der Waals surface area contributed by atoms with E-state index in [2.05, 4.69) is 5.32 Å². The number of benzene rings is 2. The van der Waals surface area contributed by atoms with E-state index in [-0.39, 0.29) is 6.61 Å². The highest BCUT2D eigenvalue weighted by Gasteiger charge is 2.12. The summed E-state index contributed by atoms with van der Waals surface area (Å²) in [6.45, 7) is 3.64. The fourth-order valence-corrected chi connectivity index (χ4v) is 2.56. The molecule has 0 saturated carbocycles. The molecule has 0 aromatic heterocycles. The first-order valence-electron chi connectivity index (χ1n) is 6.99. The fraction of sp³-hybridized carbons (Fsp3) is 0.235. The van der Waals surface area contributed by atoms with E-state index >= 15 is 0 Å². The van der Waals surface area contributed by atoms with E-state index in [1.54, 1.807) is 18.2 Å². The van der Waals surface area contributed by atoms with Gasteiger partial charge in [-0.3, -0.25) is 4.79 Å². The van der Waals surface area contributed by atoms with Gasteiger partial charge in [0.25, 0.3) is 11.7 Å². The predicted molar refractivity (Wildman–Crippen MR) is 88.3 cm³/mol. The van der Waals surface area contributed by atoms with E-state index in [0.29, 0.717) is 28.1 Å². The van der Waals surface area contributed by atoms with E-state index < -0.39 is 11.7 Å². The molecule has 3 nitrogen and oxygen atoms in total. The summed E-state index contributed by atoms with van der Waals surface area (Å²) in [5, 5.41) is 2.60. The van der Waals surface area contributed by atoms with Crippen LogP contribution >= 0.6 is 11.8 Å². The molecule has 0 radical (unpaired) electrons. The van der Waals surface area contributed by atoms with E-state index in [9.17, 15) is 13.6 Å². The first kappa shape index (κ1) is 17.3. The Bertz CT molecular complexity index is 692. The van der Waals surface area contributed by atoms with Crippen LogP contribution < -0.4 is 10.1 Å². The molecule has 2 rings (SSSR count). The zero-order valence-corrected chi connectivity index (χ0v) is 13.6. The SMILES string of the molecule is Cc1ccc(C)c(OCC(=O)Nc2ccccc2SC(F)F)c1. The molecule has 2 aromatic rings. The molecule has 0 unspecified atom stereocenters. The molecule has 122 valence electrons. The standard InChI is InChI=1S/C17H17F2NO2S/c1-11-7-8-12(2)14(9-11)22-10-16(21)20-13-5-3-4-6-15(13)23-17(18)19/h3-9,17H,10H2,1-2H3,(H,20,21). The summed E-state index contributed by atoms with van der Waals surface area (Å²) in [6, 6.07) is 12.2. The highest BCUT2D eigenvalue weighted by atomic mass is 32.2. The first-order valence-corrected chi connectivity index (χ1v) is 7.87. The van der Waals surface area contributed by atoms with Gasteiger partial charge in [-0.2, -0.15) is 8.78 Å². The van der Waals surface area contributed by atoms with Crippen molar-refractivity contribution in [3.8, 4) is 5.75 Å². The van der Waals surface area contributed by atoms with Crippen LogP contribution in [0.15, 0.2) is 47.4 Å². The number of amides is 1. The Morgan fingerprint density at radius 3 is 2.70 bits per heavy atom. The quantitative estimate of drug-likeness (QED) is 0.781. The molecule has 0 fully saturated rings. The number of rotatable bonds is 6. The van der Waals surface area contributed by atoms with Crippen molar-refractivity contribution < 1.29 is 18.3 Å². The van der Waals surface area contributed by atoms with E-state index in [0.717, 1.165) is 11.1 Å². The molecule has 0 aliphatic carbocycles. The van der Waals surface area contributed by atoms with Crippen molar-refractivity contribution in [2.24, 2.45) is 0 Å². The molecular formula is C17H17F2NO2S. The van der Waals surface area contributed by atoms with Crippen LogP contribution in [-0.4, -0.2) is 18.3 Å². The van der Waals surface area contributed by atoms with Crippen LogP contribution in [0.25, 0.3) is 0 Å². The minimum Gasteiger partial charge on any atom is -0.483 e. The maximum absolute atomic E-state index is 12.5. The fourth-order valence-electron chi connectivity index (χ4n) is 1.96. The van der Waals surface area contributed by atoms with E-state index in [1.807, 2.05) is 32.0 Å². The number of anilines is 1. The Morgan fingerprint density at radius 2 is 1.96 bits per heavy atom. The van der Waals surface area contributed by atoms with E-state index in [1.165, 1.54) is 6.07 Å². The molecule has 0 spiro atoms. The number of alkyl halides is 2. The van der Waals surface area contributed by atoms with Crippen LogP contribution in [0.2, 0.25) is 0 Å². The highest BCUT2D eigenvalue weighted by molar-refractivity contribution is 7.99. The van der Waals surface area contributed by atoms with Gasteiger partial charge >= 0.3 is 0 Å². The van der Waals surface area contributed by atoms with Crippen molar-refractivity contribution in [2.75, 3.05) is 11.9 Å². The number of thioether (sulfide) groups is 1. The lowest BCUT2D eigenvalue weighted by atomic mass is 10.1. The van der Waals surface area contributed by atoms with Gasteiger partial charge in [0.05, 0.1) is 5.69 Å². The normalized spacial score (nSPS) is 10.7. The topological polar surface area (TPSA) is 38.3 Å². The molecule has 23 heavy (non-hydrogen) atoms. The smallest absolute Gasteiger partial charge is 0.288 e. The van der Waals surface area contributed by atoms with Crippen molar-refractivity contribution in [3.63, 3.8) is 0 Å². The maximum Gasteiger partial charge on any atom is 0.288 e. The van der Waals surface area contributed by atoms with Crippen LogP contribution in [0.5, 0.6) is 5.75 Å². The number of carbonyl (C=O) groups is 1. The molecule has 2 aromatic carbocycles. The Morgan fingerprint density at radius 1 is 1.22 bits per heavy atom. The Labute approximate surface area is 138 Å². The molecule has 0 saturated heterocycles. The second kappa shape index (κ2) is 7.97. The van der Waals surface area contributed by atoms with Crippen molar-refractivity contribution in [1.82, 2.24) is 0 Å². The van der Waals surface area contributed by atoms with Crippen LogP contribution in [0.4, 0.5) is 14.5 Å². The van der Waals surface area contributed by atoms with Crippen LogP contribution in [0.3, 0.4) is 0 Å². The zero-order valence-electron chi connectivity index (χ0n) is 12.8. The van der Waals surface area contributed by atoms with Gasteiger partial charge in [-0.1, -0.05) is 36.0 Å². The van der Waals surface area contributed by atoms with Crippen molar-refractivity contribution in [2.45, 2.75) is 24.5 Å². The summed E-state index contributed by atoms with van der Waals surface area (Å²) in [5.74, 6) is -2.30. The lowest BCUT2D eigenvalue weighted by molar-refractivity contribution is -0.118. The van der Waals surface area contributed by atoms with Gasteiger partial charge in [0.15, 0.2) is 6.61 Å². The predicted octanol–water partition coefficient (Wildman–Crippen LogP) is 4.64. The molecule has 0 aliphatic rings. The van der Waals surface area contributed by atoms with E-state index in [4.69, 9.17) is 4.74 Å². The molecule has 0 heterocycles. The maximum atomic E-state index is 12.5. The van der Waals surface area contributed by atoms with Crippen molar-refractivity contribution in [3.05, 3.63) is 53.6 Å². The number of halogens is 2. The largest absolute Gasteiger partial charge is 0.483 e. The average molecular weight is 337 g/mol. The third-order valence-corrected chi connectivity index (χ3v) is 3.87. The third kappa shape index (κ3) is 5.25. The second-order valence-corrected chi connectivity index (χ2v) is 6.01. The molecule has 1 amide bonds. The van der Waals surface area contributed by atoms with Gasteiger partial charge in [-0.05, 0) is 43.2 Å². The van der Waals surface area contributed by atoms with Crippen molar-refractivity contribution in [1.29, 1.82) is 0 Å². The molecule has 0 aliphatic heterocycles. The summed E-state index contributed by atoms with van der Waals surface area (Å²) in [7, 11) is 0. The molecule has 6 heteroatoms. The summed E-state index contributed by atoms with van der Waals surface area (Å²) in [6.07, 6.45) is 0. The summed E-state index contributed by atoms with van der Waals surface area (Å²) >= 11 is 0.397. The summed E-state index contributed by atoms with van der Waals surface area (Å²) < 4.78 is 30.5. The van der Waals surface area contributed by atoms with Gasteiger partial charge in [0.2, 0.25) is 0 Å². The van der Waals surface area contributed by atoms with Gasteiger partial charge in [0, 0.05) is 4.90 Å². The molecule has 0 atom stereocenters. The number of carbonyl (C=O) groups excluding carboxylic acids is 1. The molecule has 0 bridgehead atoms. The third-order valence-electron chi connectivity index (χ3n) is 3.08. The minimum absolute atomic E-state index is 0.183.